The van der Waals surface area contributed by atoms with Crippen LogP contribution in [-0.2, 0) is 21.2 Å². The van der Waals surface area contributed by atoms with Crippen molar-refractivity contribution in [2.24, 2.45) is 0 Å². The Bertz CT molecular complexity index is 1050. The monoisotopic (exact) mass is 349 g/mol. The quantitative estimate of drug-likeness (QED) is 0.772. The van der Waals surface area contributed by atoms with Gasteiger partial charge in [-0.1, -0.05) is 12.1 Å². The lowest BCUT2D eigenvalue weighted by Gasteiger charge is -2.10. The molecule has 0 radical (unpaired) electrons. The average Bonchev–Trinajstić information content (AvgIpc) is 2.85. The van der Waals surface area contributed by atoms with E-state index in [1.165, 1.54) is 6.08 Å². The van der Waals surface area contributed by atoms with Crippen molar-refractivity contribution in [2.45, 2.75) is 19.0 Å². The number of fused-ring (bicyclic) bond motifs is 1. The fourth-order valence-electron chi connectivity index (χ4n) is 2.56. The number of rotatable bonds is 4. The number of aromatic nitrogens is 2. The standard InChI is InChI=1S/C15H15N3O5S/c19-13(16-10-6-8-24(22,23)9-10)5-7-18-14(20)11-3-1-2-4-12(11)17-15(18)21/h1-4,6,8,10H,5,7,9H2,(H,16,19)(H,17,21). The van der Waals surface area contributed by atoms with Crippen LogP contribution in [-0.4, -0.2) is 35.7 Å². The van der Waals surface area contributed by atoms with Gasteiger partial charge in [-0.3, -0.25) is 14.2 Å². The SMILES string of the molecule is O=C(CCn1c(=O)[nH]c2ccccc2c1=O)NC1C=CS(=O)(=O)C1. The zero-order chi connectivity index (χ0) is 17.3. The first-order valence-corrected chi connectivity index (χ1v) is 8.99. The molecule has 2 N–H and O–H groups in total. The number of nitrogens with one attached hydrogen (secondary N) is 2. The Morgan fingerprint density at radius 1 is 1.29 bits per heavy atom. The molecule has 0 spiro atoms. The topological polar surface area (TPSA) is 118 Å². The van der Waals surface area contributed by atoms with Gasteiger partial charge in [-0.25, -0.2) is 13.2 Å². The van der Waals surface area contributed by atoms with Crippen molar-refractivity contribution in [2.75, 3.05) is 5.75 Å². The van der Waals surface area contributed by atoms with Gasteiger partial charge in [-0.05, 0) is 18.2 Å². The first-order valence-electron chi connectivity index (χ1n) is 7.28. The molecule has 1 unspecified atom stereocenters. The summed E-state index contributed by atoms with van der Waals surface area (Å²) in [5.41, 5.74) is -0.616. The summed E-state index contributed by atoms with van der Waals surface area (Å²) in [6.07, 6.45) is 1.30. The second kappa shape index (κ2) is 6.08. The van der Waals surface area contributed by atoms with E-state index in [1.54, 1.807) is 24.3 Å². The van der Waals surface area contributed by atoms with Gasteiger partial charge in [0.2, 0.25) is 5.91 Å². The van der Waals surface area contributed by atoms with E-state index in [4.69, 9.17) is 0 Å². The van der Waals surface area contributed by atoms with Gasteiger partial charge in [0.1, 0.15) is 0 Å². The predicted octanol–water partition coefficient (Wildman–Crippen LogP) is -0.493. The Kier molecular flexibility index (Phi) is 4.10. The lowest BCUT2D eigenvalue weighted by Crippen LogP contribution is -2.39. The lowest BCUT2D eigenvalue weighted by molar-refractivity contribution is -0.121. The number of carbonyl (C=O) groups excluding carboxylic acids is 1. The van der Waals surface area contributed by atoms with Crippen LogP contribution in [0.1, 0.15) is 6.42 Å². The van der Waals surface area contributed by atoms with E-state index in [1.807, 2.05) is 0 Å². The summed E-state index contributed by atoms with van der Waals surface area (Å²) in [6, 6.07) is 6.04. The largest absolute Gasteiger partial charge is 0.349 e. The van der Waals surface area contributed by atoms with E-state index in [-0.39, 0.29) is 18.7 Å². The molecule has 8 nitrogen and oxygen atoms in total. The van der Waals surface area contributed by atoms with Gasteiger partial charge in [0.05, 0.1) is 22.7 Å². The normalized spacial score (nSPS) is 18.8. The van der Waals surface area contributed by atoms with E-state index in [9.17, 15) is 22.8 Å². The Morgan fingerprint density at radius 3 is 2.75 bits per heavy atom. The van der Waals surface area contributed by atoms with Crippen LogP contribution in [0.4, 0.5) is 0 Å². The number of aromatic amines is 1. The third-order valence-electron chi connectivity index (χ3n) is 3.73. The molecule has 0 saturated carbocycles. The molecule has 2 aromatic rings. The molecule has 0 saturated heterocycles. The molecule has 1 aromatic heterocycles. The van der Waals surface area contributed by atoms with Crippen molar-refractivity contribution >= 4 is 26.6 Å². The Hall–Kier alpha value is -2.68. The van der Waals surface area contributed by atoms with Crippen molar-refractivity contribution in [1.82, 2.24) is 14.9 Å². The molecule has 1 aromatic carbocycles. The molecular weight excluding hydrogens is 334 g/mol. The second-order valence-electron chi connectivity index (χ2n) is 5.51. The molecule has 1 atom stereocenters. The van der Waals surface area contributed by atoms with Crippen LogP contribution >= 0.6 is 0 Å². The Morgan fingerprint density at radius 2 is 2.04 bits per heavy atom. The van der Waals surface area contributed by atoms with E-state index in [0.29, 0.717) is 10.9 Å². The van der Waals surface area contributed by atoms with Crippen LogP contribution < -0.4 is 16.6 Å². The van der Waals surface area contributed by atoms with Crippen molar-refractivity contribution in [3.8, 4) is 0 Å². The van der Waals surface area contributed by atoms with Crippen LogP contribution in [0.5, 0.6) is 0 Å². The first kappa shape index (κ1) is 16.2. The summed E-state index contributed by atoms with van der Waals surface area (Å²) in [4.78, 5) is 38.8. The minimum Gasteiger partial charge on any atom is -0.349 e. The maximum Gasteiger partial charge on any atom is 0.328 e. The van der Waals surface area contributed by atoms with Crippen molar-refractivity contribution in [3.05, 3.63) is 56.6 Å². The molecule has 0 aliphatic carbocycles. The number of hydrogen-bond acceptors (Lipinski definition) is 5. The maximum absolute atomic E-state index is 12.3. The zero-order valence-corrected chi connectivity index (χ0v) is 13.4. The van der Waals surface area contributed by atoms with Gasteiger partial charge in [0, 0.05) is 18.4 Å². The van der Waals surface area contributed by atoms with E-state index in [2.05, 4.69) is 10.3 Å². The molecule has 126 valence electrons. The maximum atomic E-state index is 12.3. The number of sulfone groups is 1. The van der Waals surface area contributed by atoms with Crippen LogP contribution in [0.2, 0.25) is 0 Å². The van der Waals surface area contributed by atoms with Gasteiger partial charge in [-0.15, -0.1) is 0 Å². The lowest BCUT2D eigenvalue weighted by atomic mass is 10.2. The summed E-state index contributed by atoms with van der Waals surface area (Å²) in [5.74, 6) is -0.601. The molecule has 3 rings (SSSR count). The van der Waals surface area contributed by atoms with E-state index in [0.717, 1.165) is 9.98 Å². The van der Waals surface area contributed by atoms with Crippen LogP contribution in [0.3, 0.4) is 0 Å². The number of H-pyrrole nitrogens is 1. The summed E-state index contributed by atoms with van der Waals surface area (Å²) >= 11 is 0. The number of hydrogen-bond donors (Lipinski definition) is 2. The van der Waals surface area contributed by atoms with E-state index < -0.39 is 33.0 Å². The highest BCUT2D eigenvalue weighted by Gasteiger charge is 2.23. The van der Waals surface area contributed by atoms with Crippen LogP contribution in [0, 0.1) is 0 Å². The van der Waals surface area contributed by atoms with Gasteiger partial charge < -0.3 is 10.3 Å². The van der Waals surface area contributed by atoms with E-state index >= 15 is 0 Å². The van der Waals surface area contributed by atoms with Gasteiger partial charge in [0.15, 0.2) is 9.84 Å². The molecule has 1 amide bonds. The number of nitrogens with zero attached hydrogens (tertiary/aromatic N) is 1. The Labute approximate surface area is 136 Å². The van der Waals surface area contributed by atoms with Crippen molar-refractivity contribution in [1.29, 1.82) is 0 Å². The highest BCUT2D eigenvalue weighted by molar-refractivity contribution is 7.94. The molecule has 0 fully saturated rings. The minimum absolute atomic E-state index is 0.0893. The molecule has 1 aliphatic heterocycles. The first-order chi connectivity index (χ1) is 11.4. The summed E-state index contributed by atoms with van der Waals surface area (Å²) in [6.45, 7) is -0.0893. The predicted molar refractivity (Wildman–Crippen MR) is 88.3 cm³/mol. The third-order valence-corrected chi connectivity index (χ3v) is 5.12. The molecule has 1 aliphatic rings. The number of amides is 1. The van der Waals surface area contributed by atoms with Gasteiger partial charge in [-0.2, -0.15) is 0 Å². The van der Waals surface area contributed by atoms with Crippen molar-refractivity contribution in [3.63, 3.8) is 0 Å². The number of benzene rings is 1. The summed E-state index contributed by atoms with van der Waals surface area (Å²) in [5, 5.41) is 3.98. The van der Waals surface area contributed by atoms with Gasteiger partial charge in [0.25, 0.3) is 5.56 Å². The van der Waals surface area contributed by atoms with Crippen molar-refractivity contribution < 1.29 is 13.2 Å². The zero-order valence-electron chi connectivity index (χ0n) is 12.6. The minimum atomic E-state index is -3.25. The summed E-state index contributed by atoms with van der Waals surface area (Å²) in [7, 11) is -3.25. The average molecular weight is 349 g/mol. The van der Waals surface area contributed by atoms with Crippen LogP contribution in [0.15, 0.2) is 45.3 Å². The number of carbonyl (C=O) groups is 1. The fourth-order valence-corrected chi connectivity index (χ4v) is 3.80. The second-order valence-corrected chi connectivity index (χ2v) is 7.45. The molecular formula is C15H15N3O5S. The Balaban J connectivity index is 1.72. The third kappa shape index (κ3) is 3.30. The molecule has 9 heteroatoms. The van der Waals surface area contributed by atoms with Gasteiger partial charge >= 0.3 is 5.69 Å². The fraction of sp³-hybridized carbons (Fsp3) is 0.267. The number of para-hydroxylation sites is 1. The highest BCUT2D eigenvalue weighted by atomic mass is 32.2. The highest BCUT2D eigenvalue weighted by Crippen LogP contribution is 2.08. The smallest absolute Gasteiger partial charge is 0.328 e. The molecule has 2 heterocycles. The van der Waals surface area contributed by atoms with Crippen LogP contribution in [0.25, 0.3) is 10.9 Å². The molecule has 24 heavy (non-hydrogen) atoms. The molecule has 0 bridgehead atoms. The summed E-state index contributed by atoms with van der Waals surface area (Å²) < 4.78 is 23.5.